The van der Waals surface area contributed by atoms with Gasteiger partial charge in [0.05, 0.1) is 0 Å². The Labute approximate surface area is 160 Å². The van der Waals surface area contributed by atoms with Gasteiger partial charge in [-0.1, -0.05) is 59.9 Å². The van der Waals surface area contributed by atoms with Crippen LogP contribution >= 0.6 is 35.3 Å². The standard InChI is InChI=1S/C18H20N2O2S3/c21-17(19-15-7-3-1-4-8-15)24-13-11-23-12-14-25-18(22)20-16-9-5-2-6-10-16/h1-10H,11-14H2,(H,19,21)(H,20,22). The highest BCUT2D eigenvalue weighted by molar-refractivity contribution is 8.15. The second-order valence-electron chi connectivity index (χ2n) is 4.87. The molecule has 0 aliphatic rings. The number of benzene rings is 2. The molecule has 4 nitrogen and oxygen atoms in total. The van der Waals surface area contributed by atoms with E-state index in [2.05, 4.69) is 10.6 Å². The van der Waals surface area contributed by atoms with Crippen molar-refractivity contribution in [2.24, 2.45) is 0 Å². The van der Waals surface area contributed by atoms with E-state index >= 15 is 0 Å². The van der Waals surface area contributed by atoms with Gasteiger partial charge in [-0.3, -0.25) is 9.59 Å². The molecular weight excluding hydrogens is 372 g/mol. The van der Waals surface area contributed by atoms with Gasteiger partial charge in [0.25, 0.3) is 10.5 Å². The molecule has 0 fully saturated rings. The lowest BCUT2D eigenvalue weighted by Crippen LogP contribution is -2.07. The maximum Gasteiger partial charge on any atom is 0.283 e. The number of rotatable bonds is 8. The molecule has 0 aliphatic heterocycles. The molecule has 0 saturated carbocycles. The van der Waals surface area contributed by atoms with E-state index in [1.165, 1.54) is 23.5 Å². The van der Waals surface area contributed by atoms with Gasteiger partial charge < -0.3 is 10.6 Å². The minimum absolute atomic E-state index is 0.0385. The highest BCUT2D eigenvalue weighted by atomic mass is 32.2. The van der Waals surface area contributed by atoms with Crippen molar-refractivity contribution in [3.05, 3.63) is 60.7 Å². The Hall–Kier alpha value is -1.57. The molecule has 2 N–H and O–H groups in total. The van der Waals surface area contributed by atoms with Gasteiger partial charge in [-0.05, 0) is 24.3 Å². The Morgan fingerprint density at radius 2 is 1.04 bits per heavy atom. The van der Waals surface area contributed by atoms with Crippen LogP contribution in [0.25, 0.3) is 0 Å². The number of thioether (sulfide) groups is 3. The Balaban J connectivity index is 1.46. The molecule has 0 bridgehead atoms. The minimum atomic E-state index is -0.0385. The zero-order valence-electron chi connectivity index (χ0n) is 13.6. The summed E-state index contributed by atoms with van der Waals surface area (Å²) in [5.74, 6) is 3.27. The fourth-order valence-electron chi connectivity index (χ4n) is 1.84. The summed E-state index contributed by atoms with van der Waals surface area (Å²) >= 11 is 4.31. The Morgan fingerprint density at radius 1 is 0.640 bits per heavy atom. The van der Waals surface area contributed by atoms with Gasteiger partial charge >= 0.3 is 0 Å². The SMILES string of the molecule is O=C(Nc1ccccc1)SCCSCCSC(=O)Nc1ccccc1. The summed E-state index contributed by atoms with van der Waals surface area (Å²) in [5, 5.41) is 5.60. The Kier molecular flexibility index (Phi) is 9.40. The summed E-state index contributed by atoms with van der Waals surface area (Å²) < 4.78 is 0. The van der Waals surface area contributed by atoms with E-state index in [-0.39, 0.29) is 10.5 Å². The number of amides is 2. The highest BCUT2D eigenvalue weighted by Crippen LogP contribution is 2.15. The monoisotopic (exact) mass is 392 g/mol. The number of hydrogen-bond donors (Lipinski definition) is 2. The minimum Gasteiger partial charge on any atom is -0.317 e. The van der Waals surface area contributed by atoms with Crippen molar-refractivity contribution in [2.75, 3.05) is 33.6 Å². The maximum atomic E-state index is 11.7. The van der Waals surface area contributed by atoms with E-state index in [1.807, 2.05) is 60.7 Å². The van der Waals surface area contributed by atoms with E-state index in [0.717, 1.165) is 34.4 Å². The number of para-hydroxylation sites is 2. The van der Waals surface area contributed by atoms with Crippen LogP contribution in [0.5, 0.6) is 0 Å². The molecule has 0 saturated heterocycles. The third-order valence-electron chi connectivity index (χ3n) is 2.96. The van der Waals surface area contributed by atoms with Crippen LogP contribution in [0.1, 0.15) is 0 Å². The second-order valence-corrected chi connectivity index (χ2v) is 8.23. The topological polar surface area (TPSA) is 58.2 Å². The van der Waals surface area contributed by atoms with Crippen molar-refractivity contribution in [3.8, 4) is 0 Å². The van der Waals surface area contributed by atoms with Crippen LogP contribution in [-0.2, 0) is 0 Å². The lowest BCUT2D eigenvalue weighted by atomic mass is 10.3. The van der Waals surface area contributed by atoms with Gasteiger partial charge in [-0.2, -0.15) is 11.8 Å². The molecule has 0 aromatic heterocycles. The van der Waals surface area contributed by atoms with Crippen molar-refractivity contribution < 1.29 is 9.59 Å². The molecule has 2 aromatic rings. The molecule has 2 rings (SSSR count). The Morgan fingerprint density at radius 3 is 1.44 bits per heavy atom. The first-order valence-electron chi connectivity index (χ1n) is 7.79. The van der Waals surface area contributed by atoms with Crippen molar-refractivity contribution in [2.45, 2.75) is 0 Å². The predicted octanol–water partition coefficient (Wildman–Crippen LogP) is 5.65. The van der Waals surface area contributed by atoms with Gasteiger partial charge in [0.1, 0.15) is 0 Å². The number of carbonyl (C=O) groups excluding carboxylic acids is 2. The molecule has 2 aromatic carbocycles. The summed E-state index contributed by atoms with van der Waals surface area (Å²) in [6.07, 6.45) is 0. The average Bonchev–Trinajstić information content (AvgIpc) is 2.62. The molecule has 0 spiro atoms. The summed E-state index contributed by atoms with van der Waals surface area (Å²) in [4.78, 5) is 23.5. The van der Waals surface area contributed by atoms with Crippen LogP contribution in [0.15, 0.2) is 60.7 Å². The van der Waals surface area contributed by atoms with Gasteiger partial charge in [0.15, 0.2) is 0 Å². The number of nitrogens with one attached hydrogen (secondary N) is 2. The molecule has 0 aliphatic carbocycles. The first-order valence-corrected chi connectivity index (χ1v) is 10.9. The van der Waals surface area contributed by atoms with Crippen LogP contribution in [0.3, 0.4) is 0 Å². The van der Waals surface area contributed by atoms with Crippen molar-refractivity contribution in [1.29, 1.82) is 0 Å². The first-order chi connectivity index (χ1) is 12.2. The normalized spacial score (nSPS) is 10.2. The third kappa shape index (κ3) is 8.90. The van der Waals surface area contributed by atoms with Crippen LogP contribution in [0.4, 0.5) is 21.0 Å². The molecule has 0 radical (unpaired) electrons. The number of carbonyl (C=O) groups is 2. The fraction of sp³-hybridized carbons (Fsp3) is 0.222. The van der Waals surface area contributed by atoms with Crippen LogP contribution in [0.2, 0.25) is 0 Å². The fourth-order valence-corrected chi connectivity index (χ4v) is 4.40. The summed E-state index contributed by atoms with van der Waals surface area (Å²) in [6.45, 7) is 0. The summed E-state index contributed by atoms with van der Waals surface area (Å²) in [7, 11) is 0. The molecule has 2 amide bonds. The molecule has 0 atom stereocenters. The van der Waals surface area contributed by atoms with Crippen molar-refractivity contribution in [1.82, 2.24) is 0 Å². The van der Waals surface area contributed by atoms with E-state index in [0.29, 0.717) is 0 Å². The quantitative estimate of drug-likeness (QED) is 0.569. The highest BCUT2D eigenvalue weighted by Gasteiger charge is 2.04. The van der Waals surface area contributed by atoms with Crippen molar-refractivity contribution in [3.63, 3.8) is 0 Å². The summed E-state index contributed by atoms with van der Waals surface area (Å²) in [5.41, 5.74) is 1.63. The average molecular weight is 393 g/mol. The second kappa shape index (κ2) is 11.9. The van der Waals surface area contributed by atoms with Gasteiger partial charge in [-0.15, -0.1) is 0 Å². The lowest BCUT2D eigenvalue weighted by molar-refractivity contribution is 0.269. The largest absolute Gasteiger partial charge is 0.317 e. The smallest absolute Gasteiger partial charge is 0.283 e. The van der Waals surface area contributed by atoms with E-state index in [9.17, 15) is 9.59 Å². The van der Waals surface area contributed by atoms with Crippen LogP contribution < -0.4 is 10.6 Å². The first kappa shape index (κ1) is 19.8. The zero-order chi connectivity index (χ0) is 17.7. The van der Waals surface area contributed by atoms with Crippen LogP contribution in [-0.4, -0.2) is 33.5 Å². The van der Waals surface area contributed by atoms with Gasteiger partial charge in [-0.25, -0.2) is 0 Å². The molecular formula is C18H20N2O2S3. The zero-order valence-corrected chi connectivity index (χ0v) is 16.1. The molecule has 0 heterocycles. The molecule has 25 heavy (non-hydrogen) atoms. The molecule has 7 heteroatoms. The molecule has 0 unspecified atom stereocenters. The van der Waals surface area contributed by atoms with Crippen molar-refractivity contribution >= 4 is 57.1 Å². The van der Waals surface area contributed by atoms with Crippen LogP contribution in [0, 0.1) is 0 Å². The Bertz CT molecular complexity index is 596. The van der Waals surface area contributed by atoms with Gasteiger partial charge in [0.2, 0.25) is 0 Å². The van der Waals surface area contributed by atoms with E-state index < -0.39 is 0 Å². The van der Waals surface area contributed by atoms with E-state index in [4.69, 9.17) is 0 Å². The maximum absolute atomic E-state index is 11.7. The lowest BCUT2D eigenvalue weighted by Gasteiger charge is -2.05. The number of hydrogen-bond acceptors (Lipinski definition) is 5. The number of anilines is 2. The summed E-state index contributed by atoms with van der Waals surface area (Å²) in [6, 6.07) is 18.9. The predicted molar refractivity (Wildman–Crippen MR) is 113 cm³/mol. The molecule has 132 valence electrons. The van der Waals surface area contributed by atoms with E-state index in [1.54, 1.807) is 11.8 Å². The third-order valence-corrected chi connectivity index (χ3v) is 6.01. The van der Waals surface area contributed by atoms with Gasteiger partial charge in [0, 0.05) is 34.4 Å².